The second-order valence-electron chi connectivity index (χ2n) is 5.02. The number of carbonyl (C=O) groups excluding carboxylic acids is 1. The van der Waals surface area contributed by atoms with E-state index in [1.165, 1.54) is 12.1 Å². The molecule has 0 unspecified atom stereocenters. The Kier molecular flexibility index (Phi) is 6.14. The van der Waals surface area contributed by atoms with E-state index in [1.807, 2.05) is 0 Å². The molecular weight excluding hydrogens is 357 g/mol. The number of halogens is 4. The lowest BCUT2D eigenvalue weighted by atomic mass is 10.1. The molecule has 1 amide bonds. The van der Waals surface area contributed by atoms with Gasteiger partial charge in [0.1, 0.15) is 5.75 Å². The molecule has 4 nitrogen and oxygen atoms in total. The lowest BCUT2D eigenvalue weighted by Gasteiger charge is -2.15. The van der Waals surface area contributed by atoms with E-state index in [9.17, 15) is 18.0 Å². The Labute approximate surface area is 147 Å². The molecule has 0 aliphatic carbocycles. The fraction of sp³-hybridized carbons (Fsp3) is 0.235. The largest absolute Gasteiger partial charge is 0.492 e. The van der Waals surface area contributed by atoms with Crippen molar-refractivity contribution in [2.24, 2.45) is 0 Å². The van der Waals surface area contributed by atoms with E-state index in [0.717, 1.165) is 6.07 Å². The number of ether oxygens (including phenoxy) is 1. The maximum absolute atomic E-state index is 13.0. The van der Waals surface area contributed by atoms with Crippen LogP contribution in [0.4, 0.5) is 24.5 Å². The monoisotopic (exact) mass is 372 g/mol. The normalized spacial score (nSPS) is 11.1. The van der Waals surface area contributed by atoms with Crippen molar-refractivity contribution in [3.05, 3.63) is 53.1 Å². The number of nitrogens with one attached hydrogen (secondary N) is 2. The first-order valence-electron chi connectivity index (χ1n) is 7.43. The molecule has 0 aliphatic heterocycles. The molecule has 2 aromatic carbocycles. The van der Waals surface area contributed by atoms with Gasteiger partial charge in [-0.05, 0) is 37.3 Å². The van der Waals surface area contributed by atoms with E-state index < -0.39 is 17.6 Å². The minimum atomic E-state index is -4.58. The molecule has 0 heterocycles. The van der Waals surface area contributed by atoms with Crippen LogP contribution in [0.3, 0.4) is 0 Å². The van der Waals surface area contributed by atoms with Crippen LogP contribution < -0.4 is 15.4 Å². The summed E-state index contributed by atoms with van der Waals surface area (Å²) in [7, 11) is 0. The van der Waals surface area contributed by atoms with Crippen molar-refractivity contribution in [1.29, 1.82) is 0 Å². The molecule has 25 heavy (non-hydrogen) atoms. The molecule has 0 bridgehead atoms. The van der Waals surface area contributed by atoms with Gasteiger partial charge in [-0.1, -0.05) is 23.7 Å². The minimum Gasteiger partial charge on any atom is -0.492 e. The molecule has 2 rings (SSSR count). The fourth-order valence-corrected chi connectivity index (χ4v) is 2.30. The highest BCUT2D eigenvalue weighted by atomic mass is 35.5. The van der Waals surface area contributed by atoms with E-state index >= 15 is 0 Å². The lowest BCUT2D eigenvalue weighted by molar-refractivity contribution is -0.137. The molecule has 8 heteroatoms. The second kappa shape index (κ2) is 8.11. The molecule has 0 aliphatic rings. The van der Waals surface area contributed by atoms with Crippen molar-refractivity contribution in [2.45, 2.75) is 13.1 Å². The SMILES string of the molecule is CCOc1ccccc1NC(=O)CNc1ccc(Cl)cc1C(F)(F)F. The van der Waals surface area contributed by atoms with Gasteiger partial charge in [0.25, 0.3) is 0 Å². The van der Waals surface area contributed by atoms with Gasteiger partial charge in [0, 0.05) is 10.7 Å². The standard InChI is InChI=1S/C17H16ClF3N2O2/c1-2-25-15-6-4-3-5-14(15)23-16(24)10-22-13-8-7-11(18)9-12(13)17(19,20)21/h3-9,22H,2,10H2,1H3,(H,23,24). The van der Waals surface area contributed by atoms with Gasteiger partial charge in [0.2, 0.25) is 5.91 Å². The van der Waals surface area contributed by atoms with Crippen molar-refractivity contribution in [2.75, 3.05) is 23.8 Å². The van der Waals surface area contributed by atoms with Crippen molar-refractivity contribution in [3.63, 3.8) is 0 Å². The Morgan fingerprint density at radius 2 is 1.88 bits per heavy atom. The fourth-order valence-electron chi connectivity index (χ4n) is 2.13. The summed E-state index contributed by atoms with van der Waals surface area (Å²) >= 11 is 5.62. The number of hydrogen-bond donors (Lipinski definition) is 2. The summed E-state index contributed by atoms with van der Waals surface area (Å²) in [4.78, 5) is 12.0. The van der Waals surface area contributed by atoms with Crippen LogP contribution in [0.2, 0.25) is 5.02 Å². The summed E-state index contributed by atoms with van der Waals surface area (Å²) < 4.78 is 44.4. The molecule has 0 aromatic heterocycles. The zero-order chi connectivity index (χ0) is 18.4. The minimum absolute atomic E-state index is 0.0343. The number of rotatable bonds is 6. The van der Waals surface area contributed by atoms with Crippen molar-refractivity contribution in [1.82, 2.24) is 0 Å². The summed E-state index contributed by atoms with van der Waals surface area (Å²) in [5, 5.41) is 5.05. The topological polar surface area (TPSA) is 50.4 Å². The van der Waals surface area contributed by atoms with Crippen molar-refractivity contribution < 1.29 is 22.7 Å². The van der Waals surface area contributed by atoms with Gasteiger partial charge in [-0.3, -0.25) is 4.79 Å². The summed E-state index contributed by atoms with van der Waals surface area (Å²) in [6, 6.07) is 10.1. The number of para-hydroxylation sites is 2. The van der Waals surface area contributed by atoms with Gasteiger partial charge in [0.05, 0.1) is 24.4 Å². The highest BCUT2D eigenvalue weighted by Crippen LogP contribution is 2.36. The zero-order valence-corrected chi connectivity index (χ0v) is 14.0. The average molecular weight is 373 g/mol. The number of anilines is 2. The highest BCUT2D eigenvalue weighted by Gasteiger charge is 2.33. The summed E-state index contributed by atoms with van der Waals surface area (Å²) in [5.41, 5.74) is -0.698. The summed E-state index contributed by atoms with van der Waals surface area (Å²) in [5.74, 6) is -0.0175. The molecule has 134 valence electrons. The van der Waals surface area contributed by atoms with E-state index in [1.54, 1.807) is 31.2 Å². The molecule has 2 aromatic rings. The van der Waals surface area contributed by atoms with E-state index in [-0.39, 0.29) is 17.3 Å². The molecule has 0 fully saturated rings. The molecule has 0 saturated carbocycles. The van der Waals surface area contributed by atoms with Crippen molar-refractivity contribution in [3.8, 4) is 5.75 Å². The van der Waals surface area contributed by atoms with Crippen LogP contribution in [0.1, 0.15) is 12.5 Å². The van der Waals surface area contributed by atoms with Gasteiger partial charge < -0.3 is 15.4 Å². The van der Waals surface area contributed by atoms with E-state index in [2.05, 4.69) is 10.6 Å². The smallest absolute Gasteiger partial charge is 0.418 e. The lowest BCUT2D eigenvalue weighted by Crippen LogP contribution is -2.23. The van der Waals surface area contributed by atoms with Crippen LogP contribution in [-0.4, -0.2) is 19.1 Å². The van der Waals surface area contributed by atoms with E-state index in [0.29, 0.717) is 18.0 Å². The number of alkyl halides is 3. The maximum atomic E-state index is 13.0. The number of carbonyl (C=O) groups is 1. The highest BCUT2D eigenvalue weighted by molar-refractivity contribution is 6.30. The molecule has 0 atom stereocenters. The first-order chi connectivity index (χ1) is 11.8. The van der Waals surface area contributed by atoms with Crippen LogP contribution in [0, 0.1) is 0 Å². The predicted octanol–water partition coefficient (Wildman–Crippen LogP) is 4.81. The Balaban J connectivity index is 2.06. The van der Waals surface area contributed by atoms with Crippen LogP contribution >= 0.6 is 11.6 Å². The number of benzene rings is 2. The predicted molar refractivity (Wildman–Crippen MR) is 91.2 cm³/mol. The Bertz CT molecular complexity index is 751. The first-order valence-corrected chi connectivity index (χ1v) is 7.81. The third kappa shape index (κ3) is 5.29. The van der Waals surface area contributed by atoms with Crippen LogP contribution in [0.15, 0.2) is 42.5 Å². The summed E-state index contributed by atoms with van der Waals surface area (Å²) in [6.07, 6.45) is -4.58. The van der Waals surface area contributed by atoms with E-state index in [4.69, 9.17) is 16.3 Å². The van der Waals surface area contributed by atoms with Gasteiger partial charge in [-0.2, -0.15) is 13.2 Å². The molecule has 0 saturated heterocycles. The van der Waals surface area contributed by atoms with Gasteiger partial charge in [-0.25, -0.2) is 0 Å². The zero-order valence-electron chi connectivity index (χ0n) is 13.3. The second-order valence-corrected chi connectivity index (χ2v) is 5.46. The third-order valence-electron chi connectivity index (χ3n) is 3.19. The maximum Gasteiger partial charge on any atom is 0.418 e. The first kappa shape index (κ1) is 18.9. The Morgan fingerprint density at radius 1 is 1.16 bits per heavy atom. The van der Waals surface area contributed by atoms with Crippen molar-refractivity contribution >= 4 is 28.9 Å². The average Bonchev–Trinajstić information content (AvgIpc) is 2.55. The Morgan fingerprint density at radius 3 is 2.56 bits per heavy atom. The number of hydrogen-bond acceptors (Lipinski definition) is 3. The Hall–Kier alpha value is -2.41. The quantitative estimate of drug-likeness (QED) is 0.765. The summed E-state index contributed by atoms with van der Waals surface area (Å²) in [6.45, 7) is 1.88. The molecule has 0 radical (unpaired) electrons. The van der Waals surface area contributed by atoms with Crippen LogP contribution in [0.5, 0.6) is 5.75 Å². The molecule has 2 N–H and O–H groups in total. The third-order valence-corrected chi connectivity index (χ3v) is 3.42. The van der Waals surface area contributed by atoms with Crippen LogP contribution in [-0.2, 0) is 11.0 Å². The van der Waals surface area contributed by atoms with Gasteiger partial charge >= 0.3 is 6.18 Å². The van der Waals surface area contributed by atoms with Crippen LogP contribution in [0.25, 0.3) is 0 Å². The molecule has 0 spiro atoms. The van der Waals surface area contributed by atoms with Gasteiger partial charge in [0.15, 0.2) is 0 Å². The number of amides is 1. The molecular formula is C17H16ClF3N2O2. The van der Waals surface area contributed by atoms with Gasteiger partial charge in [-0.15, -0.1) is 0 Å².